The molecule has 0 bridgehead atoms. The molecule has 1 aromatic rings. The van der Waals surface area contributed by atoms with Crippen LogP contribution in [-0.2, 0) is 14.3 Å². The summed E-state index contributed by atoms with van der Waals surface area (Å²) in [7, 11) is 1.26. The van der Waals surface area contributed by atoms with E-state index >= 15 is 0 Å². The first-order chi connectivity index (χ1) is 9.10. The Morgan fingerprint density at radius 3 is 2.26 bits per heavy atom. The van der Waals surface area contributed by atoms with Crippen molar-refractivity contribution < 1.29 is 23.9 Å². The number of Topliss-reactive ketones (excluding diaryl/α,β-unsaturated/α-hetero) is 1. The maximum Gasteiger partial charge on any atom is 0.338 e. The summed E-state index contributed by atoms with van der Waals surface area (Å²) in [5.41, 5.74) is 0.490. The summed E-state index contributed by atoms with van der Waals surface area (Å²) in [6, 6.07) is 6.40. The predicted octanol–water partition coefficient (Wildman–Crippen LogP) is 2.00. The first kappa shape index (κ1) is 14.9. The number of esters is 2. The van der Waals surface area contributed by atoms with Crippen LogP contribution >= 0.6 is 0 Å². The number of ketones is 1. The Labute approximate surface area is 111 Å². The van der Waals surface area contributed by atoms with Crippen LogP contribution in [0.1, 0.15) is 40.5 Å². The van der Waals surface area contributed by atoms with Crippen LogP contribution in [-0.4, -0.2) is 31.4 Å². The van der Waals surface area contributed by atoms with Crippen LogP contribution in [0.25, 0.3) is 0 Å². The minimum absolute atomic E-state index is 0.00307. The molecule has 5 heteroatoms. The molecule has 0 atom stereocenters. The largest absolute Gasteiger partial charge is 0.469 e. The number of ether oxygens (including phenoxy) is 2. The van der Waals surface area contributed by atoms with E-state index in [0.29, 0.717) is 0 Å². The molecule has 0 amide bonds. The summed E-state index contributed by atoms with van der Waals surface area (Å²) in [5, 5.41) is 0. The van der Waals surface area contributed by atoms with Gasteiger partial charge >= 0.3 is 11.9 Å². The normalized spacial score (nSPS) is 9.79. The van der Waals surface area contributed by atoms with Crippen molar-refractivity contribution in [3.63, 3.8) is 0 Å². The molecule has 0 spiro atoms. The molecule has 0 aliphatic carbocycles. The molecule has 0 saturated carbocycles. The summed E-state index contributed by atoms with van der Waals surface area (Å²) < 4.78 is 9.35. The zero-order chi connectivity index (χ0) is 14.3. The predicted molar refractivity (Wildman–Crippen MR) is 68.0 cm³/mol. The fourth-order valence-corrected chi connectivity index (χ4v) is 1.57. The van der Waals surface area contributed by atoms with Gasteiger partial charge in [-0.25, -0.2) is 4.79 Å². The number of hydrogen-bond donors (Lipinski definition) is 0. The Hall–Kier alpha value is -2.17. The highest BCUT2D eigenvalue weighted by atomic mass is 16.5. The van der Waals surface area contributed by atoms with Crippen LogP contribution in [0.2, 0.25) is 0 Å². The molecule has 0 fully saturated rings. The minimum Gasteiger partial charge on any atom is -0.469 e. The summed E-state index contributed by atoms with van der Waals surface area (Å²) >= 11 is 0. The van der Waals surface area contributed by atoms with Crippen molar-refractivity contribution >= 4 is 17.7 Å². The standard InChI is InChI=1S/C14H16O5/c1-3-19-14(17)11-7-5-4-6-10(11)12(15)8-9-13(16)18-2/h4-7H,3,8-9H2,1-2H3. The van der Waals surface area contributed by atoms with Crippen LogP contribution in [0.5, 0.6) is 0 Å². The molecule has 0 saturated heterocycles. The summed E-state index contributed by atoms with van der Waals surface area (Å²) in [4.78, 5) is 34.7. The molecule has 0 radical (unpaired) electrons. The first-order valence-corrected chi connectivity index (χ1v) is 5.96. The quantitative estimate of drug-likeness (QED) is 0.580. The van der Waals surface area contributed by atoms with Gasteiger partial charge in [-0.05, 0) is 13.0 Å². The number of rotatable bonds is 6. The van der Waals surface area contributed by atoms with E-state index in [0.717, 1.165) is 0 Å². The van der Waals surface area contributed by atoms with Crippen molar-refractivity contribution in [2.75, 3.05) is 13.7 Å². The lowest BCUT2D eigenvalue weighted by Crippen LogP contribution is -2.13. The highest BCUT2D eigenvalue weighted by Gasteiger charge is 2.18. The summed E-state index contributed by atoms with van der Waals surface area (Å²) in [6.07, 6.45) is -0.00438. The van der Waals surface area contributed by atoms with Gasteiger partial charge < -0.3 is 9.47 Å². The Kier molecular flexibility index (Phi) is 5.73. The van der Waals surface area contributed by atoms with Crippen molar-refractivity contribution in [2.24, 2.45) is 0 Å². The second kappa shape index (κ2) is 7.31. The second-order valence-electron chi connectivity index (χ2n) is 3.77. The Bertz CT molecular complexity index is 478. The Morgan fingerprint density at radius 2 is 1.68 bits per heavy atom. The van der Waals surface area contributed by atoms with Crippen molar-refractivity contribution in [3.05, 3.63) is 35.4 Å². The van der Waals surface area contributed by atoms with E-state index in [-0.39, 0.29) is 36.4 Å². The number of hydrogen-bond acceptors (Lipinski definition) is 5. The highest BCUT2D eigenvalue weighted by molar-refractivity contribution is 6.06. The van der Waals surface area contributed by atoms with E-state index < -0.39 is 11.9 Å². The molecule has 1 rings (SSSR count). The van der Waals surface area contributed by atoms with E-state index in [4.69, 9.17) is 4.74 Å². The lowest BCUT2D eigenvalue weighted by Gasteiger charge is -2.07. The Balaban J connectivity index is 2.84. The number of methoxy groups -OCH3 is 1. The second-order valence-corrected chi connectivity index (χ2v) is 3.77. The average molecular weight is 264 g/mol. The third-order valence-electron chi connectivity index (χ3n) is 2.51. The number of carbonyl (C=O) groups excluding carboxylic acids is 3. The van der Waals surface area contributed by atoms with Gasteiger partial charge in [0, 0.05) is 12.0 Å². The lowest BCUT2D eigenvalue weighted by atomic mass is 10.0. The molecule has 0 aliphatic rings. The van der Waals surface area contributed by atoms with E-state index in [1.165, 1.54) is 13.2 Å². The maximum atomic E-state index is 12.0. The zero-order valence-electron chi connectivity index (χ0n) is 11.0. The monoisotopic (exact) mass is 264 g/mol. The van der Waals surface area contributed by atoms with Crippen LogP contribution < -0.4 is 0 Å². The molecular weight excluding hydrogens is 248 g/mol. The third kappa shape index (κ3) is 4.21. The fourth-order valence-electron chi connectivity index (χ4n) is 1.57. The van der Waals surface area contributed by atoms with Crippen molar-refractivity contribution in [3.8, 4) is 0 Å². The number of carbonyl (C=O) groups is 3. The van der Waals surface area contributed by atoms with Gasteiger partial charge in [0.25, 0.3) is 0 Å². The molecule has 0 aromatic heterocycles. The topological polar surface area (TPSA) is 69.7 Å². The van der Waals surface area contributed by atoms with Crippen LogP contribution in [0.3, 0.4) is 0 Å². The number of benzene rings is 1. The molecule has 0 N–H and O–H groups in total. The third-order valence-corrected chi connectivity index (χ3v) is 2.51. The molecule has 0 heterocycles. The molecule has 102 valence electrons. The molecule has 1 aromatic carbocycles. The minimum atomic E-state index is -0.537. The van der Waals surface area contributed by atoms with E-state index in [9.17, 15) is 14.4 Å². The molecule has 0 unspecified atom stereocenters. The SMILES string of the molecule is CCOC(=O)c1ccccc1C(=O)CCC(=O)OC. The van der Waals surface area contributed by atoms with Crippen LogP contribution in [0.4, 0.5) is 0 Å². The Morgan fingerprint density at radius 1 is 1.05 bits per heavy atom. The summed E-state index contributed by atoms with van der Waals surface area (Å²) in [6.45, 7) is 1.93. The summed E-state index contributed by atoms with van der Waals surface area (Å²) in [5.74, 6) is -1.28. The van der Waals surface area contributed by atoms with Gasteiger partial charge in [-0.3, -0.25) is 9.59 Å². The van der Waals surface area contributed by atoms with Crippen LogP contribution in [0, 0.1) is 0 Å². The molecular formula is C14H16O5. The van der Waals surface area contributed by atoms with Gasteiger partial charge in [0.05, 0.1) is 25.7 Å². The maximum absolute atomic E-state index is 12.0. The van der Waals surface area contributed by atoms with Crippen molar-refractivity contribution in [1.29, 1.82) is 0 Å². The van der Waals surface area contributed by atoms with Gasteiger partial charge in [-0.2, -0.15) is 0 Å². The van der Waals surface area contributed by atoms with E-state index in [2.05, 4.69) is 4.74 Å². The van der Waals surface area contributed by atoms with Crippen molar-refractivity contribution in [1.82, 2.24) is 0 Å². The molecule has 19 heavy (non-hydrogen) atoms. The van der Waals surface area contributed by atoms with Gasteiger partial charge in [-0.1, -0.05) is 18.2 Å². The zero-order valence-corrected chi connectivity index (χ0v) is 11.0. The fraction of sp³-hybridized carbons (Fsp3) is 0.357. The highest BCUT2D eigenvalue weighted by Crippen LogP contribution is 2.14. The van der Waals surface area contributed by atoms with E-state index in [1.807, 2.05) is 0 Å². The van der Waals surface area contributed by atoms with Gasteiger partial charge in [0.15, 0.2) is 5.78 Å². The lowest BCUT2D eigenvalue weighted by molar-refractivity contribution is -0.140. The van der Waals surface area contributed by atoms with Gasteiger partial charge in [-0.15, -0.1) is 0 Å². The van der Waals surface area contributed by atoms with Gasteiger partial charge in [0.2, 0.25) is 0 Å². The van der Waals surface area contributed by atoms with E-state index in [1.54, 1.807) is 25.1 Å². The van der Waals surface area contributed by atoms with Crippen molar-refractivity contribution in [2.45, 2.75) is 19.8 Å². The first-order valence-electron chi connectivity index (χ1n) is 5.96. The molecule has 5 nitrogen and oxygen atoms in total. The smallest absolute Gasteiger partial charge is 0.338 e. The van der Waals surface area contributed by atoms with Gasteiger partial charge in [0.1, 0.15) is 0 Å². The average Bonchev–Trinajstić information content (AvgIpc) is 2.44. The van der Waals surface area contributed by atoms with Crippen LogP contribution in [0.15, 0.2) is 24.3 Å². The molecule has 0 aliphatic heterocycles.